The van der Waals surface area contributed by atoms with E-state index in [1.54, 1.807) is 12.1 Å². The Balaban J connectivity index is 2.26. The molecular weight excluding hydrogens is 228 g/mol. The van der Waals surface area contributed by atoms with Crippen molar-refractivity contribution in [1.82, 2.24) is 5.32 Å². The van der Waals surface area contributed by atoms with Crippen molar-refractivity contribution in [1.29, 1.82) is 0 Å². The largest absolute Gasteiger partial charge is 0.356 e. The van der Waals surface area contributed by atoms with Crippen LogP contribution in [0.15, 0.2) is 24.3 Å². The highest BCUT2D eigenvalue weighted by Gasteiger charge is 2.02. The van der Waals surface area contributed by atoms with Crippen molar-refractivity contribution < 1.29 is 9.63 Å². The van der Waals surface area contributed by atoms with E-state index in [9.17, 15) is 4.79 Å². The fraction of sp³-hybridized carbons (Fsp3) is 0.364. The number of carbonyl (C=O) groups excluding carboxylic acids is 1. The summed E-state index contributed by atoms with van der Waals surface area (Å²) < 4.78 is 0. The molecule has 0 radical (unpaired) electrons. The van der Waals surface area contributed by atoms with Crippen molar-refractivity contribution in [2.45, 2.75) is 12.8 Å². The zero-order valence-electron chi connectivity index (χ0n) is 8.91. The third kappa shape index (κ3) is 5.11. The highest BCUT2D eigenvalue weighted by molar-refractivity contribution is 6.30. The van der Waals surface area contributed by atoms with Crippen LogP contribution in [-0.2, 0) is 16.1 Å². The Morgan fingerprint density at radius 2 is 2.06 bits per heavy atom. The number of hydrogen-bond acceptors (Lipinski definition) is 3. The fourth-order valence-corrected chi connectivity index (χ4v) is 1.36. The minimum atomic E-state index is -0.0145. The maximum Gasteiger partial charge on any atom is 0.224 e. The summed E-state index contributed by atoms with van der Waals surface area (Å²) in [6.45, 7) is 1.02. The monoisotopic (exact) mass is 242 g/mol. The van der Waals surface area contributed by atoms with Crippen molar-refractivity contribution in [3.05, 3.63) is 34.9 Å². The predicted molar refractivity (Wildman–Crippen MR) is 62.9 cm³/mol. The zero-order chi connectivity index (χ0) is 11.8. The molecule has 0 unspecified atom stereocenters. The van der Waals surface area contributed by atoms with Crippen molar-refractivity contribution in [2.75, 3.05) is 13.2 Å². The van der Waals surface area contributed by atoms with Crippen LogP contribution in [0.5, 0.6) is 0 Å². The first-order chi connectivity index (χ1) is 7.72. The lowest BCUT2D eigenvalue weighted by Gasteiger charge is -2.04. The molecule has 0 saturated carbocycles. The number of amides is 1. The van der Waals surface area contributed by atoms with Crippen LogP contribution < -0.4 is 11.2 Å². The van der Waals surface area contributed by atoms with Crippen LogP contribution in [0.3, 0.4) is 0 Å². The molecule has 1 amide bonds. The minimum Gasteiger partial charge on any atom is -0.356 e. The van der Waals surface area contributed by atoms with Gasteiger partial charge in [-0.25, -0.2) is 5.90 Å². The summed E-state index contributed by atoms with van der Waals surface area (Å²) in [7, 11) is 0. The Bertz CT molecular complexity index is 327. The van der Waals surface area contributed by atoms with Gasteiger partial charge in [-0.3, -0.25) is 4.79 Å². The first-order valence-electron chi connectivity index (χ1n) is 5.05. The summed E-state index contributed by atoms with van der Waals surface area (Å²) in [4.78, 5) is 15.8. The molecule has 16 heavy (non-hydrogen) atoms. The number of nitrogens with two attached hydrogens (primary N) is 1. The second-order valence-corrected chi connectivity index (χ2v) is 3.81. The highest BCUT2D eigenvalue weighted by Crippen LogP contribution is 2.09. The van der Waals surface area contributed by atoms with Crippen LogP contribution in [0.4, 0.5) is 0 Å². The molecule has 5 heteroatoms. The van der Waals surface area contributed by atoms with Crippen LogP contribution in [-0.4, -0.2) is 19.1 Å². The maximum atomic E-state index is 11.4. The number of nitrogens with one attached hydrogen (secondary N) is 1. The summed E-state index contributed by atoms with van der Waals surface area (Å²) in [6.07, 6.45) is 1.07. The van der Waals surface area contributed by atoms with E-state index in [0.717, 1.165) is 5.56 Å². The van der Waals surface area contributed by atoms with Gasteiger partial charge in [0.15, 0.2) is 0 Å². The number of benzene rings is 1. The normalized spacial score (nSPS) is 10.1. The standard InChI is InChI=1S/C11H15ClN2O2/c12-10-4-2-9(3-5-10)8-11(15)14-6-1-7-16-13/h2-5H,1,6-8,13H2,(H,14,15). The average Bonchev–Trinajstić information content (AvgIpc) is 2.28. The van der Waals surface area contributed by atoms with Crippen LogP contribution >= 0.6 is 11.6 Å². The van der Waals surface area contributed by atoms with Gasteiger partial charge < -0.3 is 10.2 Å². The first kappa shape index (κ1) is 13.0. The molecule has 0 aliphatic rings. The molecule has 0 saturated heterocycles. The molecule has 4 nitrogen and oxygen atoms in total. The molecule has 0 heterocycles. The number of halogens is 1. The van der Waals surface area contributed by atoms with Gasteiger partial charge in [-0.05, 0) is 24.1 Å². The van der Waals surface area contributed by atoms with Crippen LogP contribution in [0.2, 0.25) is 5.02 Å². The van der Waals surface area contributed by atoms with Crippen molar-refractivity contribution in [2.24, 2.45) is 5.90 Å². The van der Waals surface area contributed by atoms with Gasteiger partial charge in [-0.15, -0.1) is 0 Å². The summed E-state index contributed by atoms with van der Waals surface area (Å²) in [5, 5.41) is 3.44. The molecule has 1 aromatic carbocycles. The Kier molecular flexibility index (Phi) is 5.85. The lowest BCUT2D eigenvalue weighted by atomic mass is 10.1. The quantitative estimate of drug-likeness (QED) is 0.584. The second-order valence-electron chi connectivity index (χ2n) is 3.38. The molecule has 0 atom stereocenters. The van der Waals surface area contributed by atoms with Crippen LogP contribution in [0.1, 0.15) is 12.0 Å². The van der Waals surface area contributed by atoms with E-state index < -0.39 is 0 Å². The van der Waals surface area contributed by atoms with Gasteiger partial charge in [0.25, 0.3) is 0 Å². The SMILES string of the molecule is NOCCCNC(=O)Cc1ccc(Cl)cc1. The minimum absolute atomic E-state index is 0.0145. The molecule has 0 bridgehead atoms. The van der Waals surface area contributed by atoms with E-state index >= 15 is 0 Å². The van der Waals surface area contributed by atoms with E-state index in [-0.39, 0.29) is 5.91 Å². The Labute approximate surface area is 99.7 Å². The number of carbonyl (C=O) groups is 1. The van der Waals surface area contributed by atoms with Crippen LogP contribution in [0, 0.1) is 0 Å². The molecule has 1 rings (SSSR count). The molecule has 1 aromatic rings. The van der Waals surface area contributed by atoms with Crippen molar-refractivity contribution in [3.8, 4) is 0 Å². The van der Waals surface area contributed by atoms with Crippen molar-refractivity contribution >= 4 is 17.5 Å². The van der Waals surface area contributed by atoms with Gasteiger partial charge in [0.2, 0.25) is 5.91 Å². The Morgan fingerprint density at radius 1 is 1.38 bits per heavy atom. The summed E-state index contributed by atoms with van der Waals surface area (Å²) in [6, 6.07) is 7.22. The van der Waals surface area contributed by atoms with Gasteiger partial charge in [0.1, 0.15) is 0 Å². The number of rotatable bonds is 6. The van der Waals surface area contributed by atoms with E-state index in [1.165, 1.54) is 0 Å². The molecule has 0 spiro atoms. The topological polar surface area (TPSA) is 64.3 Å². The molecule has 3 N–H and O–H groups in total. The van der Waals surface area contributed by atoms with Gasteiger partial charge in [0, 0.05) is 11.6 Å². The van der Waals surface area contributed by atoms with Gasteiger partial charge in [-0.2, -0.15) is 0 Å². The summed E-state index contributed by atoms with van der Waals surface area (Å²) >= 11 is 5.74. The second kappa shape index (κ2) is 7.22. The van der Waals surface area contributed by atoms with E-state index in [2.05, 4.69) is 10.2 Å². The highest BCUT2D eigenvalue weighted by atomic mass is 35.5. The number of hydrogen-bond donors (Lipinski definition) is 2. The molecule has 0 aromatic heterocycles. The fourth-order valence-electron chi connectivity index (χ4n) is 1.23. The molecule has 0 aliphatic heterocycles. The van der Waals surface area contributed by atoms with Crippen LogP contribution in [0.25, 0.3) is 0 Å². The Hall–Kier alpha value is -1.10. The van der Waals surface area contributed by atoms with Gasteiger partial charge >= 0.3 is 0 Å². The predicted octanol–water partition coefficient (Wildman–Crippen LogP) is 1.28. The van der Waals surface area contributed by atoms with Gasteiger partial charge in [-0.1, -0.05) is 23.7 Å². The lowest BCUT2D eigenvalue weighted by molar-refractivity contribution is -0.120. The lowest BCUT2D eigenvalue weighted by Crippen LogP contribution is -2.27. The van der Waals surface area contributed by atoms with E-state index in [1.807, 2.05) is 12.1 Å². The van der Waals surface area contributed by atoms with Gasteiger partial charge in [0.05, 0.1) is 13.0 Å². The zero-order valence-corrected chi connectivity index (χ0v) is 9.67. The third-order valence-electron chi connectivity index (χ3n) is 2.04. The summed E-state index contributed by atoms with van der Waals surface area (Å²) in [5.74, 6) is 4.84. The maximum absolute atomic E-state index is 11.4. The Morgan fingerprint density at radius 3 is 2.69 bits per heavy atom. The molecular formula is C11H15ClN2O2. The molecule has 0 fully saturated rings. The van der Waals surface area contributed by atoms with E-state index in [0.29, 0.717) is 31.0 Å². The average molecular weight is 243 g/mol. The smallest absolute Gasteiger partial charge is 0.224 e. The van der Waals surface area contributed by atoms with E-state index in [4.69, 9.17) is 17.5 Å². The van der Waals surface area contributed by atoms with Crippen molar-refractivity contribution in [3.63, 3.8) is 0 Å². The first-order valence-corrected chi connectivity index (χ1v) is 5.43. The third-order valence-corrected chi connectivity index (χ3v) is 2.29. The summed E-state index contributed by atoms with van der Waals surface area (Å²) in [5.41, 5.74) is 0.942. The molecule has 88 valence electrons. The molecule has 0 aliphatic carbocycles.